The summed E-state index contributed by atoms with van der Waals surface area (Å²) in [5, 5.41) is 14.1. The van der Waals surface area contributed by atoms with E-state index in [1.54, 1.807) is 0 Å². The van der Waals surface area contributed by atoms with Crippen molar-refractivity contribution in [3.05, 3.63) is 0 Å². The van der Waals surface area contributed by atoms with Crippen LogP contribution in [0.4, 0.5) is 13.6 Å². The summed E-state index contributed by atoms with van der Waals surface area (Å²) in [4.78, 5) is 24.2. The van der Waals surface area contributed by atoms with Gasteiger partial charge in [0, 0.05) is 25.0 Å². The zero-order chi connectivity index (χ0) is 16.8. The Hall–Kier alpha value is -1.44. The van der Waals surface area contributed by atoms with Crippen LogP contribution < -0.4 is 10.6 Å². The first-order valence-corrected chi connectivity index (χ1v) is 7.59. The lowest BCUT2D eigenvalue weighted by molar-refractivity contribution is -0.139. The highest BCUT2D eigenvalue weighted by atomic mass is 19.3. The molecule has 0 radical (unpaired) electrons. The van der Waals surface area contributed by atoms with Crippen LogP contribution in [0.25, 0.3) is 0 Å². The van der Waals surface area contributed by atoms with Crippen molar-refractivity contribution in [3.63, 3.8) is 0 Å². The Balaban J connectivity index is 2.14. The molecule has 22 heavy (non-hydrogen) atoms. The van der Waals surface area contributed by atoms with E-state index < -0.39 is 11.9 Å². The molecule has 2 amide bonds. The molecule has 0 atom stereocenters. The van der Waals surface area contributed by atoms with Gasteiger partial charge in [-0.2, -0.15) is 0 Å². The molecule has 0 bridgehead atoms. The van der Waals surface area contributed by atoms with E-state index in [2.05, 4.69) is 10.6 Å². The minimum atomic E-state index is -2.70. The molecule has 0 aromatic heterocycles. The Labute approximate surface area is 129 Å². The monoisotopic (exact) mass is 321 g/mol. The summed E-state index contributed by atoms with van der Waals surface area (Å²) in [7, 11) is 0. The van der Waals surface area contributed by atoms with Gasteiger partial charge in [-0.25, -0.2) is 13.6 Å². The second-order valence-electron chi connectivity index (χ2n) is 5.85. The average Bonchev–Trinajstić information content (AvgIpc) is 2.35. The van der Waals surface area contributed by atoms with E-state index in [1.165, 1.54) is 0 Å². The van der Waals surface area contributed by atoms with Crippen LogP contribution in [0.5, 0.6) is 0 Å². The number of hydrogen-bond donors (Lipinski definition) is 3. The van der Waals surface area contributed by atoms with Crippen LogP contribution in [0, 0.1) is 0 Å². The number of likely N-dealkylation sites (N-methyl/N-ethyl adjacent to an activating group) is 1. The molecule has 0 spiro atoms. The van der Waals surface area contributed by atoms with Gasteiger partial charge in [0.15, 0.2) is 0 Å². The summed E-state index contributed by atoms with van der Waals surface area (Å²) < 4.78 is 25.2. The van der Waals surface area contributed by atoms with Gasteiger partial charge in [0.25, 0.3) is 0 Å². The summed E-state index contributed by atoms with van der Waals surface area (Å²) in [6, 6.07) is -0.171. The number of aliphatic carboxylic acids is 1. The van der Waals surface area contributed by atoms with Crippen LogP contribution >= 0.6 is 0 Å². The smallest absolute Gasteiger partial charge is 0.317 e. The highest BCUT2D eigenvalue weighted by Crippen LogP contribution is 2.25. The van der Waals surface area contributed by atoms with Gasteiger partial charge >= 0.3 is 12.0 Å². The molecule has 0 unspecified atom stereocenters. The highest BCUT2D eigenvalue weighted by Gasteiger charge is 2.34. The third-order valence-corrected chi connectivity index (χ3v) is 3.79. The molecule has 128 valence electrons. The summed E-state index contributed by atoms with van der Waals surface area (Å²) in [6.07, 6.45) is 1.40. The van der Waals surface area contributed by atoms with Crippen LogP contribution in [0.15, 0.2) is 0 Å². The molecule has 1 fully saturated rings. The number of carbonyl (C=O) groups excluding carboxylic acids is 1. The van der Waals surface area contributed by atoms with E-state index in [9.17, 15) is 18.4 Å². The van der Waals surface area contributed by atoms with Crippen molar-refractivity contribution in [2.24, 2.45) is 0 Å². The van der Waals surface area contributed by atoms with Crippen molar-refractivity contribution in [1.82, 2.24) is 15.5 Å². The van der Waals surface area contributed by atoms with Crippen molar-refractivity contribution in [1.29, 1.82) is 0 Å². The lowest BCUT2D eigenvalue weighted by Gasteiger charge is -2.42. The number of rotatable bonds is 9. The maximum Gasteiger partial charge on any atom is 0.317 e. The number of carboxylic acids is 1. The van der Waals surface area contributed by atoms with Crippen LogP contribution in [0.3, 0.4) is 0 Å². The van der Waals surface area contributed by atoms with Crippen LogP contribution in [0.1, 0.15) is 39.5 Å². The largest absolute Gasteiger partial charge is 0.480 e. The third-order valence-electron chi connectivity index (χ3n) is 3.79. The number of amides is 2. The predicted octanol–water partition coefficient (Wildman–Crippen LogP) is 1.66. The lowest BCUT2D eigenvalue weighted by atomic mass is 9.85. The van der Waals surface area contributed by atoms with E-state index >= 15 is 0 Å². The molecule has 0 heterocycles. The molecule has 1 aliphatic rings. The summed E-state index contributed by atoms with van der Waals surface area (Å²) in [5.41, 5.74) is 0. The van der Waals surface area contributed by atoms with Crippen molar-refractivity contribution in [2.75, 3.05) is 19.6 Å². The fourth-order valence-electron chi connectivity index (χ4n) is 2.51. The number of halogens is 2. The molecule has 1 saturated carbocycles. The minimum absolute atomic E-state index is 0.00527. The number of hydrogen-bond acceptors (Lipinski definition) is 3. The zero-order valence-corrected chi connectivity index (χ0v) is 13.1. The van der Waals surface area contributed by atoms with Crippen molar-refractivity contribution >= 4 is 12.0 Å². The van der Waals surface area contributed by atoms with Gasteiger partial charge in [-0.1, -0.05) is 6.92 Å². The quantitative estimate of drug-likeness (QED) is 0.564. The van der Waals surface area contributed by atoms with Gasteiger partial charge < -0.3 is 15.7 Å². The summed E-state index contributed by atoms with van der Waals surface area (Å²) in [5.74, 6) is -3.56. The predicted molar refractivity (Wildman–Crippen MR) is 78.1 cm³/mol. The fraction of sp³-hybridized carbons (Fsp3) is 0.857. The third kappa shape index (κ3) is 7.02. The molecule has 0 aromatic carbocycles. The first-order chi connectivity index (χ1) is 10.2. The second kappa shape index (κ2) is 8.26. The van der Waals surface area contributed by atoms with Crippen LogP contribution in [-0.4, -0.2) is 59.6 Å². The van der Waals surface area contributed by atoms with E-state index in [0.717, 1.165) is 6.92 Å². The molecule has 3 N–H and O–H groups in total. The molecule has 1 aliphatic carbocycles. The van der Waals surface area contributed by atoms with E-state index in [-0.39, 0.29) is 44.0 Å². The molecule has 0 saturated heterocycles. The van der Waals surface area contributed by atoms with Gasteiger partial charge in [-0.3, -0.25) is 9.69 Å². The normalized spacial score (nSPS) is 21.3. The van der Waals surface area contributed by atoms with Crippen molar-refractivity contribution in [3.8, 4) is 0 Å². The van der Waals surface area contributed by atoms with Gasteiger partial charge in [0.2, 0.25) is 5.92 Å². The Morgan fingerprint density at radius 2 is 2.00 bits per heavy atom. The Morgan fingerprint density at radius 3 is 2.50 bits per heavy atom. The molecular weight excluding hydrogens is 296 g/mol. The summed E-state index contributed by atoms with van der Waals surface area (Å²) in [6.45, 7) is 3.63. The Kier molecular flexibility index (Phi) is 6.99. The number of carbonyl (C=O) groups is 2. The fourth-order valence-corrected chi connectivity index (χ4v) is 2.51. The average molecular weight is 321 g/mol. The first kappa shape index (κ1) is 18.6. The van der Waals surface area contributed by atoms with Crippen molar-refractivity contribution in [2.45, 2.75) is 57.5 Å². The van der Waals surface area contributed by atoms with Gasteiger partial charge in [0.1, 0.15) is 0 Å². The zero-order valence-electron chi connectivity index (χ0n) is 13.1. The van der Waals surface area contributed by atoms with Crippen LogP contribution in [-0.2, 0) is 4.79 Å². The van der Waals surface area contributed by atoms with Gasteiger partial charge in [0.05, 0.1) is 6.54 Å². The van der Waals surface area contributed by atoms with E-state index in [1.807, 2.05) is 11.8 Å². The lowest BCUT2D eigenvalue weighted by Crippen LogP contribution is -2.56. The van der Waals surface area contributed by atoms with Crippen molar-refractivity contribution < 1.29 is 23.5 Å². The number of carboxylic acid groups (broad SMARTS) is 1. The maximum atomic E-state index is 12.6. The molecule has 0 aromatic rings. The number of urea groups is 1. The molecule has 0 aliphatic heterocycles. The maximum absolute atomic E-state index is 12.6. The van der Waals surface area contributed by atoms with E-state index in [0.29, 0.717) is 19.4 Å². The Morgan fingerprint density at radius 1 is 1.36 bits per heavy atom. The highest BCUT2D eigenvalue weighted by molar-refractivity contribution is 5.74. The topological polar surface area (TPSA) is 81.7 Å². The first-order valence-electron chi connectivity index (χ1n) is 7.59. The minimum Gasteiger partial charge on any atom is -0.480 e. The Bertz CT molecular complexity index is 382. The molecule has 1 rings (SSSR count). The van der Waals surface area contributed by atoms with Gasteiger partial charge in [-0.15, -0.1) is 0 Å². The number of alkyl halides is 2. The number of nitrogens with zero attached hydrogens (tertiary/aromatic N) is 1. The molecular formula is C14H25F2N3O3. The summed E-state index contributed by atoms with van der Waals surface area (Å²) >= 11 is 0. The molecule has 6 nitrogen and oxygen atoms in total. The SMILES string of the molecule is CCN(CC(=O)O)C1CC(NC(=O)NCCCC(C)(F)F)C1. The van der Waals surface area contributed by atoms with E-state index in [4.69, 9.17) is 5.11 Å². The number of nitrogens with one attached hydrogen (secondary N) is 2. The molecule has 8 heteroatoms. The standard InChI is InChI=1S/C14H25F2N3O3/c1-3-19(9-12(20)21)11-7-10(8-11)18-13(22)17-6-4-5-14(2,15)16/h10-11H,3-9H2,1-2H3,(H,20,21)(H2,17,18,22). The van der Waals surface area contributed by atoms with Gasteiger partial charge in [-0.05, 0) is 32.7 Å². The second-order valence-corrected chi connectivity index (χ2v) is 5.85. The van der Waals surface area contributed by atoms with Crippen LogP contribution in [0.2, 0.25) is 0 Å².